The van der Waals surface area contributed by atoms with Gasteiger partial charge in [-0.15, -0.1) is 4.91 Å². The number of nitroso groups, excluding NO2 is 1. The van der Waals surface area contributed by atoms with Crippen LogP contribution < -0.4 is 5.01 Å². The molecule has 4 nitrogen and oxygen atoms in total. The molecule has 0 unspecified atom stereocenters. The Bertz CT molecular complexity index is 333. The molecule has 1 aliphatic rings. The molecule has 0 atom stereocenters. The lowest BCUT2D eigenvalue weighted by Gasteiger charge is -2.33. The lowest BCUT2D eigenvalue weighted by atomic mass is 10.0. The summed E-state index contributed by atoms with van der Waals surface area (Å²) in [4.78, 5) is 13.2. The van der Waals surface area contributed by atoms with E-state index in [1.54, 1.807) is 5.01 Å². The molecule has 1 aromatic carbocycles. The minimum absolute atomic E-state index is 0.246. The number of hydrogen-bond acceptors (Lipinski definition) is 3. The van der Waals surface area contributed by atoms with Crippen molar-refractivity contribution in [1.82, 2.24) is 4.90 Å². The van der Waals surface area contributed by atoms with Gasteiger partial charge in [-0.3, -0.25) is 0 Å². The first-order chi connectivity index (χ1) is 7.81. The number of piperidine rings is 1. The molecule has 1 fully saturated rings. The first kappa shape index (κ1) is 11.1. The predicted octanol–water partition coefficient (Wildman–Crippen LogP) is 2.27. The molecule has 1 aliphatic heterocycles. The normalized spacial score (nSPS) is 18.3. The third-order valence-electron chi connectivity index (χ3n) is 3.14. The van der Waals surface area contributed by atoms with Gasteiger partial charge in [0.2, 0.25) is 0 Å². The third kappa shape index (κ3) is 2.39. The average molecular weight is 219 g/mol. The van der Waals surface area contributed by atoms with Crippen molar-refractivity contribution in [3.63, 3.8) is 0 Å². The van der Waals surface area contributed by atoms with Crippen LogP contribution in [0.15, 0.2) is 35.6 Å². The van der Waals surface area contributed by atoms with Crippen LogP contribution in [0.25, 0.3) is 0 Å². The number of benzene rings is 1. The van der Waals surface area contributed by atoms with Gasteiger partial charge in [0.15, 0.2) is 0 Å². The Labute approximate surface area is 95.8 Å². The number of anilines is 1. The van der Waals surface area contributed by atoms with Gasteiger partial charge in [-0.25, -0.2) is 5.01 Å². The minimum Gasteiger partial charge on any atom is -0.306 e. The SMILES string of the molecule is CN1CCC(N(N=O)c2ccccc2)CC1. The van der Waals surface area contributed by atoms with Gasteiger partial charge in [0.05, 0.1) is 17.0 Å². The highest BCUT2D eigenvalue weighted by Gasteiger charge is 2.24. The van der Waals surface area contributed by atoms with Crippen LogP contribution in [0.3, 0.4) is 0 Å². The molecular weight excluding hydrogens is 202 g/mol. The topological polar surface area (TPSA) is 35.9 Å². The Balaban J connectivity index is 2.08. The number of likely N-dealkylation sites (tertiary alicyclic amines) is 1. The molecule has 1 aromatic rings. The van der Waals surface area contributed by atoms with Crippen LogP contribution >= 0.6 is 0 Å². The van der Waals surface area contributed by atoms with Gasteiger partial charge in [0, 0.05) is 0 Å². The van der Waals surface area contributed by atoms with Crippen molar-refractivity contribution in [3.8, 4) is 0 Å². The average Bonchev–Trinajstić information content (AvgIpc) is 2.34. The molecule has 0 spiro atoms. The maximum absolute atomic E-state index is 10.9. The van der Waals surface area contributed by atoms with Gasteiger partial charge in [-0.1, -0.05) is 18.2 Å². The quantitative estimate of drug-likeness (QED) is 0.578. The summed E-state index contributed by atoms with van der Waals surface area (Å²) < 4.78 is 0. The Morgan fingerprint density at radius 3 is 2.44 bits per heavy atom. The van der Waals surface area contributed by atoms with E-state index in [4.69, 9.17) is 0 Å². The van der Waals surface area contributed by atoms with E-state index in [0.29, 0.717) is 0 Å². The van der Waals surface area contributed by atoms with Crippen LogP contribution in [-0.4, -0.2) is 31.1 Å². The van der Waals surface area contributed by atoms with Gasteiger partial charge < -0.3 is 4.90 Å². The van der Waals surface area contributed by atoms with Gasteiger partial charge in [0.1, 0.15) is 0 Å². The molecule has 0 aromatic heterocycles. The Morgan fingerprint density at radius 2 is 1.88 bits per heavy atom. The number of nitrogens with zero attached hydrogens (tertiary/aromatic N) is 3. The molecule has 16 heavy (non-hydrogen) atoms. The van der Waals surface area contributed by atoms with Gasteiger partial charge in [0.25, 0.3) is 0 Å². The zero-order valence-corrected chi connectivity index (χ0v) is 9.54. The summed E-state index contributed by atoms with van der Waals surface area (Å²) in [6.45, 7) is 2.06. The highest BCUT2D eigenvalue weighted by Crippen LogP contribution is 2.23. The summed E-state index contributed by atoms with van der Waals surface area (Å²) in [5, 5.41) is 4.79. The van der Waals surface area contributed by atoms with E-state index in [1.807, 2.05) is 30.3 Å². The standard InChI is InChI=1S/C12H17N3O/c1-14-9-7-12(8-10-14)15(13-16)11-5-3-2-4-6-11/h2-6,12H,7-10H2,1H3. The molecule has 2 rings (SSSR count). The number of para-hydroxylation sites is 1. The molecule has 1 saturated heterocycles. The lowest BCUT2D eigenvalue weighted by molar-refractivity contribution is 0.250. The van der Waals surface area contributed by atoms with E-state index in [2.05, 4.69) is 17.2 Å². The van der Waals surface area contributed by atoms with Crippen LogP contribution in [-0.2, 0) is 0 Å². The summed E-state index contributed by atoms with van der Waals surface area (Å²) in [5.74, 6) is 0. The molecule has 0 saturated carbocycles. The summed E-state index contributed by atoms with van der Waals surface area (Å²) in [6, 6.07) is 9.92. The van der Waals surface area contributed by atoms with Crippen molar-refractivity contribution >= 4 is 5.69 Å². The summed E-state index contributed by atoms with van der Waals surface area (Å²) in [5.41, 5.74) is 0.895. The van der Waals surface area contributed by atoms with Crippen LogP contribution in [0.1, 0.15) is 12.8 Å². The molecule has 0 aliphatic carbocycles. The molecule has 0 radical (unpaired) electrons. The Kier molecular flexibility index (Phi) is 3.51. The summed E-state index contributed by atoms with van der Waals surface area (Å²) >= 11 is 0. The maximum atomic E-state index is 10.9. The largest absolute Gasteiger partial charge is 0.306 e. The van der Waals surface area contributed by atoms with E-state index < -0.39 is 0 Å². The molecule has 4 heteroatoms. The van der Waals surface area contributed by atoms with Crippen molar-refractivity contribution in [3.05, 3.63) is 35.2 Å². The predicted molar refractivity (Wildman–Crippen MR) is 65.2 cm³/mol. The van der Waals surface area contributed by atoms with E-state index in [1.165, 1.54) is 0 Å². The fraction of sp³-hybridized carbons (Fsp3) is 0.500. The molecular formula is C12H17N3O. The molecule has 0 bridgehead atoms. The van der Waals surface area contributed by atoms with Crippen LogP contribution in [0.4, 0.5) is 5.69 Å². The van der Waals surface area contributed by atoms with Crippen molar-refractivity contribution in [2.24, 2.45) is 5.29 Å². The Hall–Kier alpha value is -1.42. The van der Waals surface area contributed by atoms with Crippen molar-refractivity contribution < 1.29 is 0 Å². The van der Waals surface area contributed by atoms with E-state index in [9.17, 15) is 4.91 Å². The second-order valence-corrected chi connectivity index (χ2v) is 4.30. The number of hydrogen-bond donors (Lipinski definition) is 0. The Morgan fingerprint density at radius 1 is 1.25 bits per heavy atom. The first-order valence-electron chi connectivity index (χ1n) is 5.67. The van der Waals surface area contributed by atoms with Gasteiger partial charge in [-0.2, -0.15) is 0 Å². The van der Waals surface area contributed by atoms with Crippen LogP contribution in [0.5, 0.6) is 0 Å². The minimum atomic E-state index is 0.246. The monoisotopic (exact) mass is 219 g/mol. The highest BCUT2D eigenvalue weighted by molar-refractivity contribution is 5.46. The van der Waals surface area contributed by atoms with Gasteiger partial charge >= 0.3 is 0 Å². The summed E-state index contributed by atoms with van der Waals surface area (Å²) in [7, 11) is 2.11. The second-order valence-electron chi connectivity index (χ2n) is 4.30. The molecule has 86 valence electrons. The molecule has 1 heterocycles. The summed E-state index contributed by atoms with van der Waals surface area (Å²) in [6.07, 6.45) is 1.99. The van der Waals surface area contributed by atoms with Crippen molar-refractivity contribution in [1.29, 1.82) is 0 Å². The van der Waals surface area contributed by atoms with Gasteiger partial charge in [-0.05, 0) is 45.1 Å². The van der Waals surface area contributed by atoms with E-state index in [-0.39, 0.29) is 6.04 Å². The maximum Gasteiger partial charge on any atom is 0.0629 e. The first-order valence-corrected chi connectivity index (χ1v) is 5.67. The second kappa shape index (κ2) is 5.07. The molecule has 0 N–H and O–H groups in total. The lowest BCUT2D eigenvalue weighted by Crippen LogP contribution is -2.41. The highest BCUT2D eigenvalue weighted by atomic mass is 16.3. The van der Waals surface area contributed by atoms with Crippen molar-refractivity contribution in [2.45, 2.75) is 18.9 Å². The van der Waals surface area contributed by atoms with Crippen molar-refractivity contribution in [2.75, 3.05) is 25.1 Å². The third-order valence-corrected chi connectivity index (χ3v) is 3.14. The number of rotatable bonds is 3. The van der Waals surface area contributed by atoms with E-state index in [0.717, 1.165) is 31.6 Å². The smallest absolute Gasteiger partial charge is 0.0629 e. The van der Waals surface area contributed by atoms with Crippen LogP contribution in [0.2, 0.25) is 0 Å². The molecule has 0 amide bonds. The van der Waals surface area contributed by atoms with Crippen LogP contribution in [0, 0.1) is 4.91 Å². The zero-order chi connectivity index (χ0) is 11.4. The fourth-order valence-corrected chi connectivity index (χ4v) is 2.14. The fourth-order valence-electron chi connectivity index (χ4n) is 2.14. The zero-order valence-electron chi connectivity index (χ0n) is 9.54. The van der Waals surface area contributed by atoms with E-state index >= 15 is 0 Å².